The smallest absolute Gasteiger partial charge is 0.311 e. The Labute approximate surface area is 128 Å². The Morgan fingerprint density at radius 1 is 1.37 bits per heavy atom. The molecule has 0 aromatic carbocycles. The van der Waals surface area contributed by atoms with Gasteiger partial charge >= 0.3 is 5.97 Å². The lowest BCUT2D eigenvalue weighted by molar-refractivity contribution is -0.152. The summed E-state index contributed by atoms with van der Waals surface area (Å²) in [5.74, 6) is -1.46. The third-order valence-corrected chi connectivity index (χ3v) is 3.97. The summed E-state index contributed by atoms with van der Waals surface area (Å²) in [6.45, 7) is 5.98. The Hall–Kier alpha value is -0.190. The minimum absolute atomic E-state index is 0.252. The first-order valence-electron chi connectivity index (χ1n) is 6.14. The van der Waals surface area contributed by atoms with Crippen molar-refractivity contribution in [3.63, 3.8) is 0 Å². The quantitative estimate of drug-likeness (QED) is 0.639. The second-order valence-corrected chi connectivity index (χ2v) is 7.62. The molecule has 2 atom stereocenters. The summed E-state index contributed by atoms with van der Waals surface area (Å²) in [7, 11) is 0. The van der Waals surface area contributed by atoms with Crippen LogP contribution in [-0.4, -0.2) is 28.3 Å². The van der Waals surface area contributed by atoms with E-state index >= 15 is 0 Å². The molecule has 1 aliphatic carbocycles. The standard InChI is InChI=1S/C12H18Cl3NO3/c1-4-19-9(17)8-7(5-6-11(8,2)3)16-10(18)12(13,14)15/h7-8H,4-6H2,1-3H3,(H,16,18)/t7-,8-/m0/s1. The molecule has 0 bridgehead atoms. The molecule has 0 aliphatic heterocycles. The van der Waals surface area contributed by atoms with E-state index in [0.717, 1.165) is 6.42 Å². The Morgan fingerprint density at radius 3 is 2.42 bits per heavy atom. The molecule has 0 heterocycles. The molecule has 110 valence electrons. The molecule has 0 unspecified atom stereocenters. The monoisotopic (exact) mass is 329 g/mol. The van der Waals surface area contributed by atoms with Gasteiger partial charge in [0.15, 0.2) is 0 Å². The molecule has 0 aromatic heterocycles. The minimum atomic E-state index is -2.02. The van der Waals surface area contributed by atoms with E-state index < -0.39 is 15.6 Å². The molecular weight excluding hydrogens is 312 g/mol. The summed E-state index contributed by atoms with van der Waals surface area (Å²) in [6.07, 6.45) is 1.45. The predicted molar refractivity (Wildman–Crippen MR) is 75.4 cm³/mol. The van der Waals surface area contributed by atoms with Crippen LogP contribution in [0.5, 0.6) is 0 Å². The largest absolute Gasteiger partial charge is 0.466 e. The number of amides is 1. The van der Waals surface area contributed by atoms with Gasteiger partial charge in [-0.2, -0.15) is 0 Å². The predicted octanol–water partition coefficient (Wildman–Crippen LogP) is 2.84. The van der Waals surface area contributed by atoms with Crippen molar-refractivity contribution < 1.29 is 14.3 Å². The highest BCUT2D eigenvalue weighted by Crippen LogP contribution is 2.44. The van der Waals surface area contributed by atoms with Crippen LogP contribution in [0.1, 0.15) is 33.6 Å². The van der Waals surface area contributed by atoms with E-state index in [1.54, 1.807) is 6.92 Å². The van der Waals surface area contributed by atoms with Gasteiger partial charge in [0.1, 0.15) is 0 Å². The van der Waals surface area contributed by atoms with E-state index in [4.69, 9.17) is 39.5 Å². The number of hydrogen-bond acceptors (Lipinski definition) is 3. The van der Waals surface area contributed by atoms with Crippen molar-refractivity contribution >= 4 is 46.7 Å². The molecule has 4 nitrogen and oxygen atoms in total. The van der Waals surface area contributed by atoms with Crippen LogP contribution in [0.25, 0.3) is 0 Å². The van der Waals surface area contributed by atoms with Crippen LogP contribution in [0.3, 0.4) is 0 Å². The van der Waals surface area contributed by atoms with Gasteiger partial charge in [-0.3, -0.25) is 9.59 Å². The van der Waals surface area contributed by atoms with Crippen molar-refractivity contribution in [1.82, 2.24) is 5.32 Å². The lowest BCUT2D eigenvalue weighted by atomic mass is 9.80. The molecule has 1 fully saturated rings. The average molecular weight is 331 g/mol. The van der Waals surface area contributed by atoms with Crippen LogP contribution in [0.2, 0.25) is 0 Å². The Bertz CT molecular complexity index is 366. The molecule has 19 heavy (non-hydrogen) atoms. The molecule has 1 amide bonds. The van der Waals surface area contributed by atoms with Crippen LogP contribution in [0.4, 0.5) is 0 Å². The molecule has 0 saturated heterocycles. The van der Waals surface area contributed by atoms with Gasteiger partial charge < -0.3 is 10.1 Å². The molecule has 0 radical (unpaired) electrons. The van der Waals surface area contributed by atoms with Crippen molar-refractivity contribution in [2.45, 2.75) is 43.4 Å². The highest BCUT2D eigenvalue weighted by molar-refractivity contribution is 6.76. The van der Waals surface area contributed by atoms with Crippen molar-refractivity contribution in [3.05, 3.63) is 0 Å². The number of halogens is 3. The molecule has 1 saturated carbocycles. The Morgan fingerprint density at radius 2 is 1.95 bits per heavy atom. The third kappa shape index (κ3) is 4.14. The molecule has 7 heteroatoms. The van der Waals surface area contributed by atoms with Crippen LogP contribution < -0.4 is 5.32 Å². The van der Waals surface area contributed by atoms with E-state index in [9.17, 15) is 9.59 Å². The van der Waals surface area contributed by atoms with Gasteiger partial charge in [0.25, 0.3) is 9.70 Å². The number of nitrogens with one attached hydrogen (secondary N) is 1. The maximum atomic E-state index is 12.0. The lowest BCUT2D eigenvalue weighted by Crippen LogP contribution is -2.47. The zero-order valence-electron chi connectivity index (χ0n) is 11.1. The fourth-order valence-electron chi connectivity index (χ4n) is 2.52. The number of hydrogen-bond donors (Lipinski definition) is 1. The number of rotatable bonds is 3. The molecule has 1 N–H and O–H groups in total. The Balaban J connectivity index is 2.83. The highest BCUT2D eigenvalue weighted by Gasteiger charge is 2.49. The maximum Gasteiger partial charge on any atom is 0.311 e. The van der Waals surface area contributed by atoms with Gasteiger partial charge in [-0.1, -0.05) is 48.7 Å². The average Bonchev–Trinajstić information content (AvgIpc) is 2.53. The summed E-state index contributed by atoms with van der Waals surface area (Å²) < 4.78 is 3.05. The number of carbonyl (C=O) groups excluding carboxylic acids is 2. The van der Waals surface area contributed by atoms with Crippen molar-refractivity contribution in [3.8, 4) is 0 Å². The zero-order valence-corrected chi connectivity index (χ0v) is 13.4. The van der Waals surface area contributed by atoms with Crippen molar-refractivity contribution in [2.24, 2.45) is 11.3 Å². The van der Waals surface area contributed by atoms with Gasteiger partial charge in [-0.05, 0) is 25.2 Å². The van der Waals surface area contributed by atoms with Gasteiger partial charge in [0, 0.05) is 6.04 Å². The number of ether oxygens (including phenoxy) is 1. The zero-order chi connectivity index (χ0) is 14.8. The first-order valence-corrected chi connectivity index (χ1v) is 7.27. The van der Waals surface area contributed by atoms with Gasteiger partial charge in [-0.25, -0.2) is 0 Å². The number of alkyl halides is 3. The van der Waals surface area contributed by atoms with Gasteiger partial charge in [0.2, 0.25) is 0 Å². The van der Waals surface area contributed by atoms with Gasteiger partial charge in [-0.15, -0.1) is 0 Å². The summed E-state index contributed by atoms with van der Waals surface area (Å²) in [5.41, 5.74) is -0.252. The fraction of sp³-hybridized carbons (Fsp3) is 0.833. The fourth-order valence-corrected chi connectivity index (χ4v) is 2.68. The van der Waals surface area contributed by atoms with Crippen LogP contribution in [0, 0.1) is 11.3 Å². The molecule has 1 rings (SSSR count). The summed E-state index contributed by atoms with van der Waals surface area (Å²) >= 11 is 16.6. The van der Waals surface area contributed by atoms with E-state index in [2.05, 4.69) is 5.32 Å². The van der Waals surface area contributed by atoms with Crippen LogP contribution >= 0.6 is 34.8 Å². The second kappa shape index (κ2) is 6.06. The SMILES string of the molecule is CCOC(=O)[C@@H]1[C@@H](NC(=O)C(Cl)(Cl)Cl)CCC1(C)C. The number of carbonyl (C=O) groups is 2. The van der Waals surface area contributed by atoms with Crippen molar-refractivity contribution in [1.29, 1.82) is 0 Å². The molecule has 0 spiro atoms. The first kappa shape index (κ1) is 16.9. The number of esters is 1. The van der Waals surface area contributed by atoms with E-state index in [1.165, 1.54) is 0 Å². The van der Waals surface area contributed by atoms with Gasteiger partial charge in [0.05, 0.1) is 12.5 Å². The normalized spacial score (nSPS) is 26.0. The first-order chi connectivity index (χ1) is 8.59. The summed E-state index contributed by atoms with van der Waals surface area (Å²) in [4.78, 5) is 23.7. The third-order valence-electron chi connectivity index (χ3n) is 3.46. The minimum Gasteiger partial charge on any atom is -0.466 e. The van der Waals surface area contributed by atoms with Crippen LogP contribution in [0.15, 0.2) is 0 Å². The Kier molecular flexibility index (Phi) is 5.38. The highest BCUT2D eigenvalue weighted by atomic mass is 35.6. The molecule has 1 aliphatic rings. The van der Waals surface area contributed by atoms with E-state index in [-0.39, 0.29) is 17.4 Å². The lowest BCUT2D eigenvalue weighted by Gasteiger charge is -2.29. The summed E-state index contributed by atoms with van der Waals surface area (Å²) in [6, 6.07) is -0.364. The maximum absolute atomic E-state index is 12.0. The topological polar surface area (TPSA) is 55.4 Å². The van der Waals surface area contributed by atoms with Crippen molar-refractivity contribution in [2.75, 3.05) is 6.61 Å². The molecule has 0 aromatic rings. The van der Waals surface area contributed by atoms with Crippen LogP contribution in [-0.2, 0) is 14.3 Å². The van der Waals surface area contributed by atoms with E-state index in [1.807, 2.05) is 13.8 Å². The second-order valence-electron chi connectivity index (χ2n) is 5.33. The van der Waals surface area contributed by atoms with E-state index in [0.29, 0.717) is 13.0 Å². The molecular formula is C12H18Cl3NO3. The summed E-state index contributed by atoms with van der Waals surface area (Å²) in [5, 5.41) is 2.63.